The van der Waals surface area contributed by atoms with E-state index >= 15 is 0 Å². The van der Waals surface area contributed by atoms with Crippen molar-refractivity contribution in [1.29, 1.82) is 0 Å². The Hall–Kier alpha value is -1.77. The third kappa shape index (κ3) is 3.35. The largest absolute Gasteiger partial charge is 0.358 e. The van der Waals surface area contributed by atoms with Crippen LogP contribution in [0.15, 0.2) is 18.2 Å². The number of fused-ring (bicyclic) bond motifs is 3. The van der Waals surface area contributed by atoms with Gasteiger partial charge in [-0.1, -0.05) is 25.3 Å². The van der Waals surface area contributed by atoms with Gasteiger partial charge in [0.25, 0.3) is 0 Å². The molecule has 1 amide bonds. The van der Waals surface area contributed by atoms with Crippen LogP contribution < -0.4 is 5.32 Å². The van der Waals surface area contributed by atoms with Crippen molar-refractivity contribution in [3.8, 4) is 0 Å². The minimum atomic E-state index is 0.220. The van der Waals surface area contributed by atoms with Crippen molar-refractivity contribution in [3.63, 3.8) is 0 Å². The zero-order valence-corrected chi connectivity index (χ0v) is 14.5. The first-order valence-electron chi connectivity index (χ1n) is 9.68. The minimum absolute atomic E-state index is 0.220. The van der Waals surface area contributed by atoms with Crippen molar-refractivity contribution in [3.05, 3.63) is 35.0 Å². The van der Waals surface area contributed by atoms with Crippen LogP contribution in [0.3, 0.4) is 0 Å². The molecule has 0 atom stereocenters. The average molecular weight is 324 g/mol. The number of carbonyl (C=O) groups is 1. The molecule has 0 spiro atoms. The summed E-state index contributed by atoms with van der Waals surface area (Å²) in [5.41, 5.74) is 5.40. The molecule has 2 aliphatic carbocycles. The van der Waals surface area contributed by atoms with E-state index in [0.29, 0.717) is 18.9 Å². The molecular formula is C21H28N2O. The Bertz CT molecular complexity index is 725. The molecule has 0 saturated heterocycles. The number of hydrogen-bond donors (Lipinski definition) is 2. The lowest BCUT2D eigenvalue weighted by Gasteiger charge is -2.20. The zero-order valence-electron chi connectivity index (χ0n) is 14.5. The van der Waals surface area contributed by atoms with Crippen LogP contribution in [0, 0.1) is 5.92 Å². The van der Waals surface area contributed by atoms with Crippen LogP contribution in [0.4, 0.5) is 0 Å². The van der Waals surface area contributed by atoms with Crippen molar-refractivity contribution in [2.45, 2.75) is 70.8 Å². The summed E-state index contributed by atoms with van der Waals surface area (Å²) >= 11 is 0. The highest BCUT2D eigenvalue weighted by atomic mass is 16.1. The summed E-state index contributed by atoms with van der Waals surface area (Å²) in [6.07, 6.45) is 12.1. The van der Waals surface area contributed by atoms with Crippen LogP contribution in [-0.4, -0.2) is 10.9 Å². The minimum Gasteiger partial charge on any atom is -0.358 e. The summed E-state index contributed by atoms with van der Waals surface area (Å²) < 4.78 is 0. The molecule has 0 aliphatic heterocycles. The van der Waals surface area contributed by atoms with Gasteiger partial charge < -0.3 is 10.3 Å². The quantitative estimate of drug-likeness (QED) is 0.846. The third-order valence-electron chi connectivity index (χ3n) is 5.85. The molecule has 2 aromatic rings. The Balaban J connectivity index is 1.40. The van der Waals surface area contributed by atoms with E-state index in [1.807, 2.05) is 0 Å². The van der Waals surface area contributed by atoms with Gasteiger partial charge in [-0.2, -0.15) is 0 Å². The number of rotatable bonds is 4. The molecule has 3 nitrogen and oxygen atoms in total. The van der Waals surface area contributed by atoms with Crippen molar-refractivity contribution in [2.75, 3.05) is 0 Å². The molecule has 1 heterocycles. The summed E-state index contributed by atoms with van der Waals surface area (Å²) in [6.45, 7) is 0.654. The van der Waals surface area contributed by atoms with E-state index in [-0.39, 0.29) is 5.91 Å². The first kappa shape index (κ1) is 15.7. The second kappa shape index (κ2) is 7.00. The second-order valence-electron chi connectivity index (χ2n) is 7.65. The third-order valence-corrected chi connectivity index (χ3v) is 5.85. The van der Waals surface area contributed by atoms with E-state index in [9.17, 15) is 4.79 Å². The predicted octanol–water partition coefficient (Wildman–Crippen LogP) is 4.63. The highest BCUT2D eigenvalue weighted by Gasteiger charge is 2.18. The van der Waals surface area contributed by atoms with Gasteiger partial charge in [0.15, 0.2) is 0 Å². The van der Waals surface area contributed by atoms with E-state index in [2.05, 4.69) is 28.5 Å². The van der Waals surface area contributed by atoms with Crippen molar-refractivity contribution < 1.29 is 4.79 Å². The Labute approximate surface area is 144 Å². The maximum absolute atomic E-state index is 12.2. The monoisotopic (exact) mass is 324 g/mol. The number of benzene rings is 1. The molecule has 2 aliphatic rings. The number of amides is 1. The Kier molecular flexibility index (Phi) is 4.59. The van der Waals surface area contributed by atoms with E-state index in [1.54, 1.807) is 0 Å². The van der Waals surface area contributed by atoms with Gasteiger partial charge in [-0.05, 0) is 67.7 Å². The van der Waals surface area contributed by atoms with Crippen LogP contribution in [0.1, 0.15) is 68.2 Å². The van der Waals surface area contributed by atoms with Gasteiger partial charge in [-0.25, -0.2) is 0 Å². The molecule has 0 unspecified atom stereocenters. The maximum Gasteiger partial charge on any atom is 0.220 e. The maximum atomic E-state index is 12.2. The number of aromatic nitrogens is 1. The molecule has 24 heavy (non-hydrogen) atoms. The van der Waals surface area contributed by atoms with E-state index in [4.69, 9.17) is 0 Å². The summed E-state index contributed by atoms with van der Waals surface area (Å²) in [6, 6.07) is 6.60. The normalized spacial score (nSPS) is 18.5. The zero-order chi connectivity index (χ0) is 16.4. The summed E-state index contributed by atoms with van der Waals surface area (Å²) in [7, 11) is 0. The number of hydrogen-bond acceptors (Lipinski definition) is 1. The summed E-state index contributed by atoms with van der Waals surface area (Å²) in [4.78, 5) is 15.8. The topological polar surface area (TPSA) is 44.9 Å². The second-order valence-corrected chi connectivity index (χ2v) is 7.65. The lowest BCUT2D eigenvalue weighted by atomic mass is 9.87. The first-order valence-corrected chi connectivity index (χ1v) is 9.68. The Morgan fingerprint density at radius 2 is 1.92 bits per heavy atom. The van der Waals surface area contributed by atoms with Gasteiger partial charge in [-0.15, -0.1) is 0 Å². The number of carbonyl (C=O) groups excluding carboxylic acids is 1. The van der Waals surface area contributed by atoms with Gasteiger partial charge in [0.05, 0.1) is 0 Å². The molecule has 1 aromatic carbocycles. The molecule has 2 N–H and O–H groups in total. The van der Waals surface area contributed by atoms with Crippen LogP contribution in [0.5, 0.6) is 0 Å². The number of nitrogens with one attached hydrogen (secondary N) is 2. The van der Waals surface area contributed by atoms with E-state index in [0.717, 1.165) is 0 Å². The number of aromatic amines is 1. The molecule has 1 saturated carbocycles. The molecule has 128 valence electrons. The van der Waals surface area contributed by atoms with Crippen molar-refractivity contribution in [2.24, 2.45) is 5.92 Å². The van der Waals surface area contributed by atoms with Crippen LogP contribution >= 0.6 is 0 Å². The van der Waals surface area contributed by atoms with Crippen LogP contribution in [0.2, 0.25) is 0 Å². The fraction of sp³-hybridized carbons (Fsp3) is 0.571. The van der Waals surface area contributed by atoms with Gasteiger partial charge >= 0.3 is 0 Å². The lowest BCUT2D eigenvalue weighted by molar-refractivity contribution is -0.122. The van der Waals surface area contributed by atoms with E-state index < -0.39 is 0 Å². The smallest absolute Gasteiger partial charge is 0.220 e. The first-order chi connectivity index (χ1) is 11.8. The fourth-order valence-electron chi connectivity index (χ4n) is 4.49. The van der Waals surface area contributed by atoms with Gasteiger partial charge in [0, 0.05) is 29.6 Å². The van der Waals surface area contributed by atoms with Crippen LogP contribution in [-0.2, 0) is 24.2 Å². The molecule has 1 fully saturated rings. The summed E-state index contributed by atoms with van der Waals surface area (Å²) in [5, 5.41) is 4.50. The SMILES string of the molecule is O=C(CC1CCCCC1)NCc1ccc2[nH]c3c(c2c1)CCCC3. The average Bonchev–Trinajstić information content (AvgIpc) is 2.99. The highest BCUT2D eigenvalue weighted by Crippen LogP contribution is 2.30. The predicted molar refractivity (Wildman–Crippen MR) is 98.0 cm³/mol. The Morgan fingerprint density at radius 1 is 1.08 bits per heavy atom. The van der Waals surface area contributed by atoms with Crippen molar-refractivity contribution >= 4 is 16.8 Å². The molecular weight excluding hydrogens is 296 g/mol. The van der Waals surface area contributed by atoms with E-state index in [1.165, 1.54) is 85.5 Å². The standard InChI is InChI=1S/C21H28N2O/c24-21(13-15-6-2-1-3-7-15)22-14-16-10-11-20-18(12-16)17-8-4-5-9-19(17)23-20/h10-12,15,23H,1-9,13-14H2,(H,22,24). The van der Waals surface area contributed by atoms with Gasteiger partial charge in [0.1, 0.15) is 0 Å². The fourth-order valence-corrected chi connectivity index (χ4v) is 4.49. The molecule has 4 rings (SSSR count). The molecule has 0 bridgehead atoms. The Morgan fingerprint density at radius 3 is 2.79 bits per heavy atom. The highest BCUT2D eigenvalue weighted by molar-refractivity contribution is 5.85. The van der Waals surface area contributed by atoms with Gasteiger partial charge in [0.2, 0.25) is 5.91 Å². The van der Waals surface area contributed by atoms with Crippen LogP contribution in [0.25, 0.3) is 10.9 Å². The number of H-pyrrole nitrogens is 1. The number of aryl methyl sites for hydroxylation is 2. The lowest BCUT2D eigenvalue weighted by Crippen LogP contribution is -2.25. The molecule has 0 radical (unpaired) electrons. The molecule has 3 heteroatoms. The molecule has 1 aromatic heterocycles. The van der Waals surface area contributed by atoms with Crippen molar-refractivity contribution in [1.82, 2.24) is 10.3 Å². The van der Waals surface area contributed by atoms with Gasteiger partial charge in [-0.3, -0.25) is 4.79 Å². The summed E-state index contributed by atoms with van der Waals surface area (Å²) in [5.74, 6) is 0.830.